The number of aliphatic carboxylic acids is 1. The number of hydrogen-bond acceptors (Lipinski definition) is 5. The Bertz CT molecular complexity index is 1340. The number of aliphatic imine (C=N–C) groups is 1. The molecule has 1 atom stereocenters. The van der Waals surface area contributed by atoms with Gasteiger partial charge in [0, 0.05) is 24.2 Å². The van der Waals surface area contributed by atoms with E-state index < -0.39 is 17.6 Å². The molecule has 7 heteroatoms. The van der Waals surface area contributed by atoms with Gasteiger partial charge in [-0.05, 0) is 16.7 Å². The highest BCUT2D eigenvalue weighted by Crippen LogP contribution is 2.40. The number of thiazole rings is 1. The van der Waals surface area contributed by atoms with E-state index >= 15 is 0 Å². The molecule has 0 bridgehead atoms. The molecule has 5 aromatic rings. The van der Waals surface area contributed by atoms with E-state index in [1.807, 2.05) is 66.2 Å². The van der Waals surface area contributed by atoms with Gasteiger partial charge in [-0.2, -0.15) is 0 Å². The van der Waals surface area contributed by atoms with Gasteiger partial charge in [-0.1, -0.05) is 91.0 Å². The third-order valence-electron chi connectivity index (χ3n) is 6.10. The molecule has 0 saturated heterocycles. The molecule has 0 radical (unpaired) electrons. The molecule has 36 heavy (non-hydrogen) atoms. The van der Waals surface area contributed by atoms with Gasteiger partial charge in [-0.3, -0.25) is 4.99 Å². The van der Waals surface area contributed by atoms with Crippen molar-refractivity contribution < 1.29 is 9.90 Å². The molecule has 0 amide bonds. The van der Waals surface area contributed by atoms with Crippen molar-refractivity contribution in [3.8, 4) is 0 Å². The molecule has 0 aliphatic heterocycles. The van der Waals surface area contributed by atoms with Gasteiger partial charge in [0.25, 0.3) is 0 Å². The molecule has 0 saturated carbocycles. The molecule has 178 valence electrons. The number of nitrogens with zero attached hydrogens (tertiary/aromatic N) is 4. The number of carboxylic acid groups (broad SMARTS) is 1. The summed E-state index contributed by atoms with van der Waals surface area (Å²) < 4.78 is 2.08. The third kappa shape index (κ3) is 4.61. The predicted molar refractivity (Wildman–Crippen MR) is 142 cm³/mol. The molecule has 1 unspecified atom stereocenters. The number of carbonyl (C=O) groups is 1. The summed E-state index contributed by atoms with van der Waals surface area (Å²) in [4.78, 5) is 25.0. The SMILES string of the molecule is O=C(O)C(Cc1cn(C(c2ccccc2)(c2ccccc2)c2ccccc2)cn1)/N=C/c1nccs1. The van der Waals surface area contributed by atoms with Gasteiger partial charge in [0.15, 0.2) is 6.04 Å². The zero-order valence-electron chi connectivity index (χ0n) is 19.4. The van der Waals surface area contributed by atoms with E-state index in [0.717, 1.165) is 16.7 Å². The van der Waals surface area contributed by atoms with Gasteiger partial charge in [0.1, 0.15) is 10.5 Å². The van der Waals surface area contributed by atoms with E-state index in [1.54, 1.807) is 12.5 Å². The van der Waals surface area contributed by atoms with E-state index in [0.29, 0.717) is 10.7 Å². The largest absolute Gasteiger partial charge is 0.480 e. The van der Waals surface area contributed by atoms with Crippen LogP contribution in [0.4, 0.5) is 0 Å². The number of carboxylic acids is 1. The van der Waals surface area contributed by atoms with Crippen LogP contribution < -0.4 is 0 Å². The van der Waals surface area contributed by atoms with E-state index in [-0.39, 0.29) is 6.42 Å². The van der Waals surface area contributed by atoms with Crippen molar-refractivity contribution in [1.82, 2.24) is 14.5 Å². The van der Waals surface area contributed by atoms with Crippen LogP contribution in [-0.4, -0.2) is 37.9 Å². The van der Waals surface area contributed by atoms with Crippen molar-refractivity contribution in [2.75, 3.05) is 0 Å². The third-order valence-corrected chi connectivity index (χ3v) is 6.81. The molecule has 0 aliphatic carbocycles. The van der Waals surface area contributed by atoms with Crippen molar-refractivity contribution in [2.45, 2.75) is 18.0 Å². The smallest absolute Gasteiger partial charge is 0.328 e. The molecular weight excluding hydrogens is 468 g/mol. The van der Waals surface area contributed by atoms with Crippen molar-refractivity contribution >= 4 is 23.5 Å². The highest BCUT2D eigenvalue weighted by Gasteiger charge is 2.38. The lowest BCUT2D eigenvalue weighted by molar-refractivity contribution is -0.138. The number of hydrogen-bond donors (Lipinski definition) is 1. The van der Waals surface area contributed by atoms with E-state index in [1.165, 1.54) is 17.6 Å². The molecule has 3 aromatic carbocycles. The summed E-state index contributed by atoms with van der Waals surface area (Å²) in [5.74, 6) is -1.00. The standard InChI is InChI=1S/C29H24N4O2S/c34-28(35)26(31-19-27-30-16-17-36-27)18-25-20-33(21-32-25)29(22-10-4-1-5-11-22,23-12-6-2-7-13-23)24-14-8-3-9-15-24/h1-17,19-21,26H,18H2,(H,34,35)/b31-19+. The zero-order chi connectivity index (χ0) is 24.8. The first-order chi connectivity index (χ1) is 17.7. The first-order valence-corrected chi connectivity index (χ1v) is 12.4. The summed E-state index contributed by atoms with van der Waals surface area (Å²) >= 11 is 1.41. The van der Waals surface area contributed by atoms with Crippen LogP contribution >= 0.6 is 11.3 Å². The summed E-state index contributed by atoms with van der Waals surface area (Å²) in [6.07, 6.45) is 7.06. The van der Waals surface area contributed by atoms with Crippen LogP contribution in [0.3, 0.4) is 0 Å². The topological polar surface area (TPSA) is 80.4 Å². The van der Waals surface area contributed by atoms with Crippen LogP contribution in [0.1, 0.15) is 27.4 Å². The maximum Gasteiger partial charge on any atom is 0.328 e. The van der Waals surface area contributed by atoms with Crippen LogP contribution in [0, 0.1) is 0 Å². The number of rotatable bonds is 9. The average Bonchev–Trinajstić information content (AvgIpc) is 3.62. The lowest BCUT2D eigenvalue weighted by Gasteiger charge is -2.37. The van der Waals surface area contributed by atoms with Crippen molar-refractivity contribution in [2.24, 2.45) is 4.99 Å². The van der Waals surface area contributed by atoms with Crippen molar-refractivity contribution in [1.29, 1.82) is 0 Å². The van der Waals surface area contributed by atoms with Crippen molar-refractivity contribution in [3.05, 3.63) is 142 Å². The maximum atomic E-state index is 12.0. The predicted octanol–water partition coefficient (Wildman–Crippen LogP) is 5.29. The summed E-state index contributed by atoms with van der Waals surface area (Å²) in [6, 6.07) is 29.9. The Morgan fingerprint density at radius 2 is 1.47 bits per heavy atom. The molecule has 0 aliphatic rings. The first kappa shape index (κ1) is 23.4. The molecule has 2 aromatic heterocycles. The van der Waals surface area contributed by atoms with Crippen LogP contribution in [-0.2, 0) is 16.8 Å². The highest BCUT2D eigenvalue weighted by molar-refractivity contribution is 7.11. The first-order valence-electron chi connectivity index (χ1n) is 11.5. The van der Waals surface area contributed by atoms with E-state index in [4.69, 9.17) is 0 Å². The number of aromatic nitrogens is 3. The van der Waals surface area contributed by atoms with Crippen LogP contribution in [0.25, 0.3) is 0 Å². The molecular formula is C29H24N4O2S. The normalized spacial score (nSPS) is 12.6. The highest BCUT2D eigenvalue weighted by atomic mass is 32.1. The summed E-state index contributed by atoms with van der Waals surface area (Å²) in [5, 5.41) is 12.3. The van der Waals surface area contributed by atoms with Crippen LogP contribution in [0.2, 0.25) is 0 Å². The van der Waals surface area contributed by atoms with Gasteiger partial charge in [-0.25, -0.2) is 14.8 Å². The van der Waals surface area contributed by atoms with Crippen LogP contribution in [0.15, 0.2) is 120 Å². The van der Waals surface area contributed by atoms with Crippen LogP contribution in [0.5, 0.6) is 0 Å². The van der Waals surface area contributed by atoms with Gasteiger partial charge < -0.3 is 9.67 Å². The second-order valence-electron chi connectivity index (χ2n) is 8.29. The van der Waals surface area contributed by atoms with Crippen molar-refractivity contribution in [3.63, 3.8) is 0 Å². The second-order valence-corrected chi connectivity index (χ2v) is 9.21. The average molecular weight is 493 g/mol. The van der Waals surface area contributed by atoms with E-state index in [9.17, 15) is 9.90 Å². The molecule has 2 heterocycles. The van der Waals surface area contributed by atoms with Gasteiger partial charge >= 0.3 is 5.97 Å². The summed E-state index contributed by atoms with van der Waals surface area (Å²) in [7, 11) is 0. The Balaban J connectivity index is 1.61. The Morgan fingerprint density at radius 1 is 0.917 bits per heavy atom. The summed E-state index contributed by atoms with van der Waals surface area (Å²) in [5.41, 5.74) is 3.16. The Hall–Kier alpha value is -4.36. The second kappa shape index (κ2) is 10.5. The minimum Gasteiger partial charge on any atom is -0.480 e. The minimum atomic E-state index is -1.00. The van der Waals surface area contributed by atoms with Gasteiger partial charge in [0.2, 0.25) is 0 Å². The molecule has 0 fully saturated rings. The Morgan fingerprint density at radius 3 is 1.94 bits per heavy atom. The van der Waals surface area contributed by atoms with Gasteiger partial charge in [0.05, 0.1) is 18.2 Å². The summed E-state index contributed by atoms with van der Waals surface area (Å²) in [6.45, 7) is 0. The maximum absolute atomic E-state index is 12.0. The van der Waals surface area contributed by atoms with E-state index in [2.05, 4.69) is 55.9 Å². The fourth-order valence-electron chi connectivity index (χ4n) is 4.49. The molecule has 6 nitrogen and oxygen atoms in total. The fraction of sp³-hybridized carbons (Fsp3) is 0.103. The lowest BCUT2D eigenvalue weighted by Crippen LogP contribution is -2.37. The Kier molecular flexibility index (Phi) is 6.82. The zero-order valence-corrected chi connectivity index (χ0v) is 20.2. The monoisotopic (exact) mass is 492 g/mol. The number of benzene rings is 3. The molecule has 1 N–H and O–H groups in total. The lowest BCUT2D eigenvalue weighted by atomic mass is 9.77. The Labute approximate surface area is 213 Å². The number of imidazole rings is 1. The molecule has 5 rings (SSSR count). The molecule has 0 spiro atoms. The van der Waals surface area contributed by atoms with Gasteiger partial charge in [-0.15, -0.1) is 11.3 Å². The fourth-order valence-corrected chi connectivity index (χ4v) is 5.00. The quantitative estimate of drug-likeness (QED) is 0.224. The minimum absolute atomic E-state index is 0.165.